The van der Waals surface area contributed by atoms with Gasteiger partial charge in [0.25, 0.3) is 0 Å². The molecule has 1 unspecified atom stereocenters. The summed E-state index contributed by atoms with van der Waals surface area (Å²) < 4.78 is 44.6. The molecule has 0 bridgehead atoms. The van der Waals surface area contributed by atoms with Crippen molar-refractivity contribution in [3.8, 4) is 0 Å². The van der Waals surface area contributed by atoms with Crippen molar-refractivity contribution in [3.63, 3.8) is 0 Å². The van der Waals surface area contributed by atoms with Gasteiger partial charge in [-0.3, -0.25) is 0 Å². The van der Waals surface area contributed by atoms with Crippen LogP contribution in [0.15, 0.2) is 18.2 Å². The molecule has 0 saturated heterocycles. The number of halogens is 3. The van der Waals surface area contributed by atoms with Crippen LogP contribution in [0.4, 0.5) is 18.9 Å². The number of hydrogen-bond donors (Lipinski definition) is 2. The molecule has 110 valence electrons. The number of aliphatic hydroxyl groups is 1. The maximum atomic E-state index is 13.0. The summed E-state index contributed by atoms with van der Waals surface area (Å²) >= 11 is 0. The predicted octanol–water partition coefficient (Wildman–Crippen LogP) is 1.64. The van der Waals surface area contributed by atoms with E-state index in [0.717, 1.165) is 4.57 Å². The zero-order valence-electron chi connectivity index (χ0n) is 10.7. The summed E-state index contributed by atoms with van der Waals surface area (Å²) in [5.41, 5.74) is 6.27. The van der Waals surface area contributed by atoms with Crippen molar-refractivity contribution < 1.29 is 23.0 Å². The Morgan fingerprint density at radius 2 is 2.15 bits per heavy atom. The highest BCUT2D eigenvalue weighted by Gasteiger charge is 2.37. The van der Waals surface area contributed by atoms with E-state index in [1.54, 1.807) is 0 Å². The van der Waals surface area contributed by atoms with Crippen LogP contribution in [0, 0.1) is 0 Å². The van der Waals surface area contributed by atoms with Gasteiger partial charge in [-0.25, -0.2) is 4.98 Å². The molecule has 8 heteroatoms. The fourth-order valence-electron chi connectivity index (χ4n) is 2.00. The first-order valence-corrected chi connectivity index (χ1v) is 5.83. The summed E-state index contributed by atoms with van der Waals surface area (Å²) in [6.45, 7) is -0.324. The number of anilines is 1. The van der Waals surface area contributed by atoms with Gasteiger partial charge < -0.3 is 20.1 Å². The molecule has 1 aromatic carbocycles. The Balaban J connectivity index is 2.53. The van der Waals surface area contributed by atoms with Gasteiger partial charge in [0.15, 0.2) is 0 Å². The lowest BCUT2D eigenvalue weighted by Crippen LogP contribution is -2.25. The average Bonchev–Trinajstić information content (AvgIpc) is 2.67. The molecule has 0 aliphatic heterocycles. The molecule has 0 amide bonds. The molecule has 20 heavy (non-hydrogen) atoms. The molecule has 0 saturated carbocycles. The van der Waals surface area contributed by atoms with Crippen LogP contribution in [0.1, 0.15) is 5.82 Å². The molecule has 1 atom stereocenters. The maximum Gasteiger partial charge on any atom is 0.449 e. The molecule has 2 rings (SSSR count). The molecule has 0 fully saturated rings. The van der Waals surface area contributed by atoms with E-state index >= 15 is 0 Å². The molecule has 0 spiro atoms. The van der Waals surface area contributed by atoms with Gasteiger partial charge in [-0.05, 0) is 18.2 Å². The molecule has 1 aromatic heterocycles. The second-order valence-electron chi connectivity index (χ2n) is 4.40. The number of nitrogens with two attached hydrogens (primary N) is 1. The van der Waals surface area contributed by atoms with Crippen LogP contribution in [0.5, 0.6) is 0 Å². The summed E-state index contributed by atoms with van der Waals surface area (Å²) in [6, 6.07) is 4.31. The van der Waals surface area contributed by atoms with Gasteiger partial charge in [0.2, 0.25) is 5.82 Å². The summed E-state index contributed by atoms with van der Waals surface area (Å²) in [7, 11) is 1.36. The molecule has 0 radical (unpaired) electrons. The van der Waals surface area contributed by atoms with E-state index < -0.39 is 18.1 Å². The number of imidazole rings is 1. The average molecular weight is 289 g/mol. The van der Waals surface area contributed by atoms with E-state index in [0.29, 0.717) is 5.69 Å². The standard InChI is InChI=1S/C12H14F3N3O2/c1-20-6-8(19)5-18-10-3-2-7(16)4-9(10)17-11(18)12(13,14)15/h2-4,8,19H,5-6,16H2,1H3. The first-order chi connectivity index (χ1) is 9.32. The van der Waals surface area contributed by atoms with Crippen molar-refractivity contribution in [3.05, 3.63) is 24.0 Å². The highest BCUT2D eigenvalue weighted by atomic mass is 19.4. The predicted molar refractivity (Wildman–Crippen MR) is 67.0 cm³/mol. The topological polar surface area (TPSA) is 73.3 Å². The van der Waals surface area contributed by atoms with E-state index in [4.69, 9.17) is 10.5 Å². The molecule has 0 aliphatic carbocycles. The quantitative estimate of drug-likeness (QED) is 0.839. The van der Waals surface area contributed by atoms with Crippen LogP contribution < -0.4 is 5.73 Å². The second kappa shape index (κ2) is 5.29. The minimum atomic E-state index is -4.61. The summed E-state index contributed by atoms with van der Waals surface area (Å²) in [5, 5.41) is 9.66. The van der Waals surface area contributed by atoms with Crippen molar-refractivity contribution >= 4 is 16.7 Å². The number of aromatic nitrogens is 2. The normalized spacial score (nSPS) is 13.8. The monoisotopic (exact) mass is 289 g/mol. The Bertz CT molecular complexity index is 610. The van der Waals surface area contributed by atoms with Gasteiger partial charge in [0.05, 0.1) is 30.3 Å². The van der Waals surface area contributed by atoms with Gasteiger partial charge in [-0.15, -0.1) is 0 Å². The van der Waals surface area contributed by atoms with Gasteiger partial charge >= 0.3 is 6.18 Å². The summed E-state index contributed by atoms with van der Waals surface area (Å²) in [4.78, 5) is 3.56. The Morgan fingerprint density at radius 1 is 1.45 bits per heavy atom. The number of rotatable bonds is 4. The fraction of sp³-hybridized carbons (Fsp3) is 0.417. The van der Waals surface area contributed by atoms with Gasteiger partial charge in [-0.1, -0.05) is 0 Å². The highest BCUT2D eigenvalue weighted by molar-refractivity contribution is 5.79. The zero-order chi connectivity index (χ0) is 14.9. The van der Waals surface area contributed by atoms with Gasteiger partial charge in [0, 0.05) is 12.8 Å². The first kappa shape index (κ1) is 14.6. The minimum absolute atomic E-state index is 0.0635. The number of aliphatic hydroxyl groups excluding tert-OH is 1. The number of benzene rings is 1. The third kappa shape index (κ3) is 2.86. The van der Waals surface area contributed by atoms with E-state index in [9.17, 15) is 18.3 Å². The SMILES string of the molecule is COCC(O)Cn1c(C(F)(F)F)nc2cc(N)ccc21. The van der Waals surface area contributed by atoms with E-state index in [1.807, 2.05) is 0 Å². The molecule has 0 aliphatic rings. The summed E-state index contributed by atoms with van der Waals surface area (Å²) in [5.74, 6) is -1.06. The number of methoxy groups -OCH3 is 1. The lowest BCUT2D eigenvalue weighted by Gasteiger charge is -2.15. The van der Waals surface area contributed by atoms with Crippen molar-refractivity contribution in [2.75, 3.05) is 19.5 Å². The Morgan fingerprint density at radius 3 is 2.75 bits per heavy atom. The van der Waals surface area contributed by atoms with Crippen LogP contribution in [-0.4, -0.2) is 34.5 Å². The van der Waals surface area contributed by atoms with Crippen molar-refractivity contribution in [2.24, 2.45) is 0 Å². The summed E-state index contributed by atoms with van der Waals surface area (Å²) in [6.07, 6.45) is -5.67. The molecule has 1 heterocycles. The molecule has 2 aromatic rings. The fourth-order valence-corrected chi connectivity index (χ4v) is 2.00. The number of hydrogen-bond acceptors (Lipinski definition) is 4. The highest BCUT2D eigenvalue weighted by Crippen LogP contribution is 2.32. The molecule has 3 N–H and O–H groups in total. The lowest BCUT2D eigenvalue weighted by atomic mass is 10.2. The molecular formula is C12H14F3N3O2. The molecule has 5 nitrogen and oxygen atoms in total. The number of nitrogens with zero attached hydrogens (tertiary/aromatic N) is 2. The van der Waals surface area contributed by atoms with Crippen LogP contribution in [-0.2, 0) is 17.5 Å². The number of fused-ring (bicyclic) bond motifs is 1. The van der Waals surface area contributed by atoms with Crippen molar-refractivity contribution in [1.29, 1.82) is 0 Å². The number of ether oxygens (including phenoxy) is 1. The Hall–Kier alpha value is -1.80. The van der Waals surface area contributed by atoms with E-state index in [1.165, 1.54) is 25.3 Å². The van der Waals surface area contributed by atoms with Gasteiger partial charge in [0.1, 0.15) is 0 Å². The van der Waals surface area contributed by atoms with E-state index in [-0.39, 0.29) is 24.2 Å². The third-order valence-corrected chi connectivity index (χ3v) is 2.78. The number of nitrogen functional groups attached to an aromatic ring is 1. The van der Waals surface area contributed by atoms with Gasteiger partial charge in [-0.2, -0.15) is 13.2 Å². The zero-order valence-corrected chi connectivity index (χ0v) is 10.7. The lowest BCUT2D eigenvalue weighted by molar-refractivity contribution is -0.147. The van der Waals surface area contributed by atoms with E-state index in [2.05, 4.69) is 4.98 Å². The van der Waals surface area contributed by atoms with Crippen LogP contribution in [0.3, 0.4) is 0 Å². The Labute approximate surface area is 112 Å². The largest absolute Gasteiger partial charge is 0.449 e. The number of alkyl halides is 3. The van der Waals surface area contributed by atoms with Crippen LogP contribution in [0.2, 0.25) is 0 Å². The minimum Gasteiger partial charge on any atom is -0.399 e. The third-order valence-electron chi connectivity index (χ3n) is 2.78. The second-order valence-corrected chi connectivity index (χ2v) is 4.40. The van der Waals surface area contributed by atoms with Crippen molar-refractivity contribution in [1.82, 2.24) is 9.55 Å². The smallest absolute Gasteiger partial charge is 0.399 e. The van der Waals surface area contributed by atoms with Crippen molar-refractivity contribution in [2.45, 2.75) is 18.8 Å². The first-order valence-electron chi connectivity index (χ1n) is 5.83. The van der Waals surface area contributed by atoms with Crippen LogP contribution >= 0.6 is 0 Å². The van der Waals surface area contributed by atoms with Crippen LogP contribution in [0.25, 0.3) is 11.0 Å². The molecular weight excluding hydrogens is 275 g/mol. The maximum absolute atomic E-state index is 13.0. The Kier molecular flexibility index (Phi) is 3.87.